The van der Waals surface area contributed by atoms with Gasteiger partial charge in [0.05, 0.1) is 26.2 Å². The van der Waals surface area contributed by atoms with Crippen LogP contribution in [-0.2, 0) is 32.1 Å². The SMILES string of the molecule is COc1cc(CN(CC2CCC(C(=O)ON)CC2)C(C)c2ccc3c(c2)CCO3)ccc1OCCN1C(=O)COC1=O. The topological polar surface area (TPSA) is 130 Å². The number of carbonyl (C=O) groups excluding carboxylic acids is 3. The van der Waals surface area contributed by atoms with Gasteiger partial charge in [0.15, 0.2) is 18.1 Å². The number of fused-ring (bicyclic) bond motifs is 1. The van der Waals surface area contributed by atoms with Gasteiger partial charge >= 0.3 is 12.1 Å². The largest absolute Gasteiger partial charge is 0.493 e. The van der Waals surface area contributed by atoms with Crippen molar-refractivity contribution >= 4 is 18.0 Å². The van der Waals surface area contributed by atoms with Gasteiger partial charge in [-0.2, -0.15) is 5.90 Å². The number of nitrogens with zero attached hydrogens (tertiary/aromatic N) is 2. The molecular formula is C31H39N3O8. The summed E-state index contributed by atoms with van der Waals surface area (Å²) < 4.78 is 22.0. The van der Waals surface area contributed by atoms with E-state index in [1.807, 2.05) is 18.2 Å². The molecule has 5 rings (SSSR count). The van der Waals surface area contributed by atoms with Crippen LogP contribution in [0.5, 0.6) is 17.2 Å². The predicted octanol–water partition coefficient (Wildman–Crippen LogP) is 3.77. The minimum atomic E-state index is -0.649. The van der Waals surface area contributed by atoms with E-state index in [0.29, 0.717) is 24.0 Å². The highest BCUT2D eigenvalue weighted by Crippen LogP contribution is 2.36. The Hall–Kier alpha value is -3.83. The molecule has 3 aliphatic rings. The lowest BCUT2D eigenvalue weighted by Gasteiger charge is -2.35. The van der Waals surface area contributed by atoms with E-state index in [2.05, 4.69) is 34.9 Å². The molecule has 11 heteroatoms. The maximum Gasteiger partial charge on any atom is 0.417 e. The third kappa shape index (κ3) is 6.79. The molecule has 226 valence electrons. The Morgan fingerprint density at radius 1 is 1.10 bits per heavy atom. The van der Waals surface area contributed by atoms with Gasteiger partial charge in [-0.15, -0.1) is 0 Å². The highest BCUT2D eigenvalue weighted by Gasteiger charge is 2.31. The average Bonchev–Trinajstić information content (AvgIpc) is 3.62. The van der Waals surface area contributed by atoms with Crippen molar-refractivity contribution in [2.24, 2.45) is 17.7 Å². The molecule has 2 amide bonds. The number of methoxy groups -OCH3 is 1. The van der Waals surface area contributed by atoms with Gasteiger partial charge < -0.3 is 23.8 Å². The Labute approximate surface area is 245 Å². The Kier molecular flexibility index (Phi) is 9.48. The van der Waals surface area contributed by atoms with Crippen molar-refractivity contribution in [1.29, 1.82) is 0 Å². The summed E-state index contributed by atoms with van der Waals surface area (Å²) in [6.07, 6.45) is 3.69. The fourth-order valence-electron chi connectivity index (χ4n) is 6.05. The molecule has 2 fully saturated rings. The molecule has 2 aromatic carbocycles. The molecule has 2 aromatic rings. The fourth-order valence-corrected chi connectivity index (χ4v) is 6.05. The van der Waals surface area contributed by atoms with Crippen LogP contribution in [0, 0.1) is 11.8 Å². The van der Waals surface area contributed by atoms with Crippen LogP contribution in [0.15, 0.2) is 36.4 Å². The number of benzene rings is 2. The third-order valence-corrected chi connectivity index (χ3v) is 8.56. The molecule has 1 unspecified atom stereocenters. The van der Waals surface area contributed by atoms with Gasteiger partial charge in [0, 0.05) is 25.6 Å². The zero-order valence-corrected chi connectivity index (χ0v) is 24.2. The zero-order chi connectivity index (χ0) is 29.6. The van der Waals surface area contributed by atoms with Crippen molar-refractivity contribution < 1.29 is 38.2 Å². The second-order valence-electron chi connectivity index (χ2n) is 11.2. The molecule has 1 aliphatic carbocycles. The molecule has 0 aromatic heterocycles. The van der Waals surface area contributed by atoms with Gasteiger partial charge in [0.25, 0.3) is 5.91 Å². The standard InChI is InChI=1S/C31H39N3O8/c1-20(24-8-10-26-25(16-24)11-13-39-26)33(17-21-3-6-23(7-4-21)30(36)42-32)18-22-5-9-27(28(15-22)38-2)40-14-12-34-29(35)19-41-31(34)37/h5,8-10,15-16,20-21,23H,3-4,6-7,11-14,17-19,32H2,1-2H3. The number of carbonyl (C=O) groups is 3. The van der Waals surface area contributed by atoms with E-state index in [4.69, 9.17) is 24.8 Å². The van der Waals surface area contributed by atoms with E-state index >= 15 is 0 Å². The molecule has 1 saturated heterocycles. The Morgan fingerprint density at radius 3 is 2.62 bits per heavy atom. The summed E-state index contributed by atoms with van der Waals surface area (Å²) in [5, 5.41) is 0. The number of hydrogen-bond donors (Lipinski definition) is 1. The minimum Gasteiger partial charge on any atom is -0.493 e. The summed E-state index contributed by atoms with van der Waals surface area (Å²) in [6, 6.07) is 12.5. The quantitative estimate of drug-likeness (QED) is 0.370. The highest BCUT2D eigenvalue weighted by atomic mass is 16.7. The number of nitrogens with two attached hydrogens (primary N) is 1. The first-order valence-corrected chi connectivity index (χ1v) is 14.5. The molecule has 42 heavy (non-hydrogen) atoms. The van der Waals surface area contributed by atoms with E-state index in [-0.39, 0.29) is 43.6 Å². The van der Waals surface area contributed by atoms with Crippen LogP contribution >= 0.6 is 0 Å². The summed E-state index contributed by atoms with van der Waals surface area (Å²) in [5.74, 6) is 6.83. The van der Waals surface area contributed by atoms with Crippen molar-refractivity contribution in [2.45, 2.75) is 51.6 Å². The third-order valence-electron chi connectivity index (χ3n) is 8.56. The van der Waals surface area contributed by atoms with Crippen LogP contribution in [0.25, 0.3) is 0 Å². The van der Waals surface area contributed by atoms with Gasteiger partial charge in [-0.3, -0.25) is 14.5 Å². The van der Waals surface area contributed by atoms with E-state index < -0.39 is 6.09 Å². The summed E-state index contributed by atoms with van der Waals surface area (Å²) in [5.41, 5.74) is 3.54. The zero-order valence-electron chi connectivity index (χ0n) is 24.2. The molecular weight excluding hydrogens is 542 g/mol. The number of amides is 2. The first kappa shape index (κ1) is 29.7. The highest BCUT2D eigenvalue weighted by molar-refractivity contribution is 5.97. The van der Waals surface area contributed by atoms with E-state index in [9.17, 15) is 14.4 Å². The van der Waals surface area contributed by atoms with Crippen molar-refractivity contribution in [3.8, 4) is 17.2 Å². The first-order chi connectivity index (χ1) is 20.4. The van der Waals surface area contributed by atoms with Crippen molar-refractivity contribution in [2.75, 3.05) is 40.0 Å². The number of ether oxygens (including phenoxy) is 4. The van der Waals surface area contributed by atoms with Gasteiger partial charge in [-0.25, -0.2) is 9.69 Å². The Bertz CT molecular complexity index is 1280. The molecule has 0 bridgehead atoms. The van der Waals surface area contributed by atoms with E-state index in [1.54, 1.807) is 7.11 Å². The van der Waals surface area contributed by atoms with Crippen LogP contribution in [0.4, 0.5) is 4.79 Å². The fraction of sp³-hybridized carbons (Fsp3) is 0.516. The van der Waals surface area contributed by atoms with Gasteiger partial charge in [-0.05, 0) is 73.4 Å². The predicted molar refractivity (Wildman–Crippen MR) is 152 cm³/mol. The molecule has 11 nitrogen and oxygen atoms in total. The smallest absolute Gasteiger partial charge is 0.417 e. The van der Waals surface area contributed by atoms with Gasteiger partial charge in [-0.1, -0.05) is 18.2 Å². The van der Waals surface area contributed by atoms with Crippen LogP contribution in [0.2, 0.25) is 0 Å². The summed E-state index contributed by atoms with van der Waals surface area (Å²) in [6.45, 7) is 4.51. The van der Waals surface area contributed by atoms with Crippen molar-refractivity contribution in [3.05, 3.63) is 53.1 Å². The second kappa shape index (κ2) is 13.4. The second-order valence-corrected chi connectivity index (χ2v) is 11.2. The number of hydrogen-bond acceptors (Lipinski definition) is 10. The number of cyclic esters (lactones) is 1. The lowest BCUT2D eigenvalue weighted by molar-refractivity contribution is -0.150. The molecule has 1 atom stereocenters. The Morgan fingerprint density at radius 2 is 1.90 bits per heavy atom. The molecule has 2 aliphatic heterocycles. The lowest BCUT2D eigenvalue weighted by atomic mass is 9.81. The molecule has 0 spiro atoms. The molecule has 2 heterocycles. The molecule has 1 saturated carbocycles. The maximum absolute atomic E-state index is 11.9. The minimum absolute atomic E-state index is 0.102. The lowest BCUT2D eigenvalue weighted by Crippen LogP contribution is -2.35. The maximum atomic E-state index is 11.9. The summed E-state index contributed by atoms with van der Waals surface area (Å²) >= 11 is 0. The monoisotopic (exact) mass is 581 g/mol. The van der Waals surface area contributed by atoms with Crippen LogP contribution < -0.4 is 20.1 Å². The normalized spacial score (nSPS) is 20.6. The van der Waals surface area contributed by atoms with E-state index in [0.717, 1.165) is 61.5 Å². The Balaban J connectivity index is 1.28. The molecule has 2 N–H and O–H groups in total. The number of rotatable bonds is 12. The van der Waals surface area contributed by atoms with Crippen LogP contribution in [0.3, 0.4) is 0 Å². The van der Waals surface area contributed by atoms with Crippen molar-refractivity contribution in [1.82, 2.24) is 9.80 Å². The van der Waals surface area contributed by atoms with Gasteiger partial charge in [0.1, 0.15) is 12.4 Å². The van der Waals surface area contributed by atoms with Crippen LogP contribution in [0.1, 0.15) is 55.3 Å². The summed E-state index contributed by atoms with van der Waals surface area (Å²) in [4.78, 5) is 43.4. The van der Waals surface area contributed by atoms with E-state index in [1.165, 1.54) is 11.1 Å². The van der Waals surface area contributed by atoms with Crippen molar-refractivity contribution in [3.63, 3.8) is 0 Å². The van der Waals surface area contributed by atoms with Crippen LogP contribution in [-0.4, -0.2) is 67.8 Å². The molecule has 0 radical (unpaired) electrons. The number of imide groups is 1. The summed E-state index contributed by atoms with van der Waals surface area (Å²) in [7, 11) is 1.59. The first-order valence-electron chi connectivity index (χ1n) is 14.5. The van der Waals surface area contributed by atoms with Gasteiger partial charge in [0.2, 0.25) is 0 Å². The average molecular weight is 582 g/mol.